The van der Waals surface area contributed by atoms with Gasteiger partial charge in [0.05, 0.1) is 29.3 Å². The summed E-state index contributed by atoms with van der Waals surface area (Å²) in [5.74, 6) is 1.13. The Balaban J connectivity index is 1.35. The molecule has 0 saturated carbocycles. The molecular weight excluding hydrogens is 466 g/mol. The average molecular weight is 492 g/mol. The third-order valence-electron chi connectivity index (χ3n) is 8.33. The highest BCUT2D eigenvalue weighted by Crippen LogP contribution is 2.47. The molecule has 2 atom stereocenters. The maximum Gasteiger partial charge on any atom is 0.274 e. The van der Waals surface area contributed by atoms with Crippen LogP contribution in [0.5, 0.6) is 0 Å². The zero-order valence-corrected chi connectivity index (χ0v) is 20.1. The van der Waals surface area contributed by atoms with Crippen molar-refractivity contribution in [2.75, 3.05) is 13.2 Å². The van der Waals surface area contributed by atoms with E-state index in [0.717, 1.165) is 41.0 Å². The van der Waals surface area contributed by atoms with Crippen molar-refractivity contribution < 1.29 is 9.53 Å². The van der Waals surface area contributed by atoms with Gasteiger partial charge in [0.1, 0.15) is 11.3 Å². The van der Waals surface area contributed by atoms with Gasteiger partial charge in [-0.25, -0.2) is 4.98 Å². The van der Waals surface area contributed by atoms with Crippen molar-refractivity contribution in [3.63, 3.8) is 0 Å². The summed E-state index contributed by atoms with van der Waals surface area (Å²) in [6.07, 6.45) is 5.53. The highest BCUT2D eigenvalue weighted by Gasteiger charge is 2.46. The van der Waals surface area contributed by atoms with E-state index in [1.807, 2.05) is 33.6 Å². The normalized spacial score (nSPS) is 21.4. The number of rotatable bonds is 2. The third kappa shape index (κ3) is 2.90. The second-order valence-corrected chi connectivity index (χ2v) is 10.3. The van der Waals surface area contributed by atoms with Gasteiger partial charge < -0.3 is 19.2 Å². The van der Waals surface area contributed by atoms with Crippen LogP contribution in [0.25, 0.3) is 16.6 Å². The zero-order chi connectivity index (χ0) is 24.7. The maximum atomic E-state index is 14.0. The fraction of sp³-hybridized carbons (Fsp3) is 0.276. The number of carbonyl (C=O) groups excluding carboxylic acids is 1. The van der Waals surface area contributed by atoms with E-state index in [2.05, 4.69) is 46.1 Å². The van der Waals surface area contributed by atoms with Gasteiger partial charge in [0.15, 0.2) is 0 Å². The average Bonchev–Trinajstić information content (AvgIpc) is 3.65. The molecule has 184 valence electrons. The summed E-state index contributed by atoms with van der Waals surface area (Å²) in [5.41, 5.74) is 5.74. The van der Waals surface area contributed by atoms with Crippen LogP contribution in [0.15, 0.2) is 71.8 Å². The number of carbonyl (C=O) groups is 1. The lowest BCUT2D eigenvalue weighted by atomic mass is 9.96. The van der Waals surface area contributed by atoms with Crippen molar-refractivity contribution in [3.8, 4) is 0 Å². The van der Waals surface area contributed by atoms with E-state index >= 15 is 0 Å². The molecule has 1 fully saturated rings. The number of hydrogen-bond donors (Lipinski definition) is 1. The minimum atomic E-state index is -0.195. The van der Waals surface area contributed by atoms with E-state index in [4.69, 9.17) is 9.72 Å². The van der Waals surface area contributed by atoms with Crippen molar-refractivity contribution in [2.45, 2.75) is 37.4 Å². The van der Waals surface area contributed by atoms with Crippen LogP contribution in [0.4, 0.5) is 0 Å². The lowest BCUT2D eigenvalue weighted by Crippen LogP contribution is -2.40. The van der Waals surface area contributed by atoms with Gasteiger partial charge in [-0.15, -0.1) is 0 Å². The quantitative estimate of drug-likeness (QED) is 0.402. The molecule has 0 aliphatic carbocycles. The Labute approximate surface area is 212 Å². The van der Waals surface area contributed by atoms with Crippen molar-refractivity contribution >= 4 is 22.5 Å². The predicted molar refractivity (Wildman–Crippen MR) is 138 cm³/mol. The number of H-pyrrole nitrogens is 1. The summed E-state index contributed by atoms with van der Waals surface area (Å²) < 4.78 is 9.84. The Kier molecular flexibility index (Phi) is 4.34. The number of fused-ring (bicyclic) bond motifs is 7. The van der Waals surface area contributed by atoms with E-state index in [0.29, 0.717) is 36.4 Å². The largest absolute Gasteiger partial charge is 0.381 e. The highest BCUT2D eigenvalue weighted by molar-refractivity contribution is 6.03. The topological polar surface area (TPSA) is 84.6 Å². The summed E-state index contributed by atoms with van der Waals surface area (Å²) in [4.78, 5) is 36.8. The van der Waals surface area contributed by atoms with Crippen molar-refractivity contribution in [1.29, 1.82) is 0 Å². The molecule has 1 N–H and O–H groups in total. The first kappa shape index (κ1) is 21.0. The van der Waals surface area contributed by atoms with Gasteiger partial charge in [-0.05, 0) is 48.2 Å². The fourth-order valence-electron chi connectivity index (χ4n) is 6.61. The summed E-state index contributed by atoms with van der Waals surface area (Å²) >= 11 is 0. The van der Waals surface area contributed by atoms with Crippen LogP contribution in [0, 0.1) is 0 Å². The number of amides is 1. The van der Waals surface area contributed by atoms with E-state index in [-0.39, 0.29) is 29.5 Å². The molecular formula is C29H25N5O3. The molecule has 3 aliphatic rings. The number of imidazole rings is 1. The number of hydrogen-bond acceptors (Lipinski definition) is 4. The first-order valence-electron chi connectivity index (χ1n) is 12.9. The fourth-order valence-corrected chi connectivity index (χ4v) is 6.61. The van der Waals surface area contributed by atoms with Gasteiger partial charge in [0.25, 0.3) is 11.5 Å². The van der Waals surface area contributed by atoms with Crippen molar-refractivity contribution in [3.05, 3.63) is 106 Å². The van der Waals surface area contributed by atoms with Crippen LogP contribution < -0.4 is 5.56 Å². The number of nitrogens with one attached hydrogen (secondary N) is 1. The second-order valence-electron chi connectivity index (χ2n) is 10.3. The minimum Gasteiger partial charge on any atom is -0.381 e. The van der Waals surface area contributed by atoms with Gasteiger partial charge in [-0.2, -0.15) is 0 Å². The van der Waals surface area contributed by atoms with Crippen LogP contribution in [-0.2, 0) is 11.3 Å². The SMILES string of the molecule is O=C1c2cc3[nH]c(=O)c4cnc(C5CCOCC5)n4c3cc2C2Cn3cccc3C(c3ccccc3)N12. The number of aromatic nitrogens is 4. The van der Waals surface area contributed by atoms with Gasteiger partial charge >= 0.3 is 0 Å². The zero-order valence-electron chi connectivity index (χ0n) is 20.1. The standard InChI is InChI=1S/C29H25N5O3/c35-28-24-15-30-27(18-8-11-37-12-9-18)33(24)23-14-19-20(13-21(23)31-28)29(36)34-25(19)16-32-10-4-7-22(32)26(34)17-5-2-1-3-6-17/h1-7,10,13-15,18,25-26H,8-9,11-12,16H2,(H,31,35). The molecule has 1 saturated heterocycles. The monoisotopic (exact) mass is 491 g/mol. The van der Waals surface area contributed by atoms with Crippen LogP contribution in [0.1, 0.15) is 63.8 Å². The van der Waals surface area contributed by atoms with Crippen molar-refractivity contribution in [2.24, 2.45) is 0 Å². The summed E-state index contributed by atoms with van der Waals surface area (Å²) in [6.45, 7) is 2.09. The van der Waals surface area contributed by atoms with Gasteiger partial charge in [0.2, 0.25) is 0 Å². The molecule has 5 aromatic rings. The van der Waals surface area contributed by atoms with Crippen LogP contribution >= 0.6 is 0 Å². The van der Waals surface area contributed by atoms with Gasteiger partial charge in [-0.1, -0.05) is 30.3 Å². The molecule has 37 heavy (non-hydrogen) atoms. The molecule has 8 rings (SSSR count). The second kappa shape index (κ2) is 7.66. The molecule has 2 aromatic carbocycles. The smallest absolute Gasteiger partial charge is 0.274 e. The molecule has 0 spiro atoms. The lowest BCUT2D eigenvalue weighted by Gasteiger charge is -2.39. The Morgan fingerprint density at radius 2 is 1.81 bits per heavy atom. The minimum absolute atomic E-state index is 0.000525. The number of aromatic amines is 1. The predicted octanol–water partition coefficient (Wildman–Crippen LogP) is 4.17. The molecule has 8 heteroatoms. The van der Waals surface area contributed by atoms with Gasteiger partial charge in [-0.3, -0.25) is 14.0 Å². The highest BCUT2D eigenvalue weighted by atomic mass is 16.5. The Hall–Kier alpha value is -4.17. The summed E-state index contributed by atoms with van der Waals surface area (Å²) in [7, 11) is 0. The summed E-state index contributed by atoms with van der Waals surface area (Å²) in [5, 5.41) is 0. The number of benzene rings is 2. The lowest BCUT2D eigenvalue weighted by molar-refractivity contribution is 0.0588. The van der Waals surface area contributed by atoms with E-state index in [1.165, 1.54) is 0 Å². The van der Waals surface area contributed by atoms with Crippen LogP contribution in [-0.4, -0.2) is 43.0 Å². The molecule has 2 unspecified atom stereocenters. The first-order valence-corrected chi connectivity index (χ1v) is 12.9. The Bertz CT molecular complexity index is 1760. The van der Waals surface area contributed by atoms with Gasteiger partial charge in [0, 0.05) is 43.1 Å². The Morgan fingerprint density at radius 3 is 2.65 bits per heavy atom. The molecule has 6 heterocycles. The first-order chi connectivity index (χ1) is 18.2. The molecule has 0 bridgehead atoms. The molecule has 3 aromatic heterocycles. The van der Waals surface area contributed by atoms with Crippen molar-refractivity contribution in [1.82, 2.24) is 23.8 Å². The van der Waals surface area contributed by atoms with E-state index < -0.39 is 0 Å². The number of nitrogens with zero attached hydrogens (tertiary/aromatic N) is 4. The van der Waals surface area contributed by atoms with Crippen LogP contribution in [0.3, 0.4) is 0 Å². The summed E-state index contributed by atoms with van der Waals surface area (Å²) in [6, 6.07) is 18.1. The Morgan fingerprint density at radius 1 is 0.973 bits per heavy atom. The third-order valence-corrected chi connectivity index (χ3v) is 8.33. The molecule has 1 amide bonds. The maximum absolute atomic E-state index is 14.0. The van der Waals surface area contributed by atoms with E-state index in [1.54, 1.807) is 6.20 Å². The van der Waals surface area contributed by atoms with E-state index in [9.17, 15) is 9.59 Å². The van der Waals surface area contributed by atoms with Crippen LogP contribution in [0.2, 0.25) is 0 Å². The molecule has 8 nitrogen and oxygen atoms in total. The molecule has 3 aliphatic heterocycles. The number of ether oxygens (including phenoxy) is 1. The molecule has 0 radical (unpaired) electrons.